The lowest BCUT2D eigenvalue weighted by Crippen LogP contribution is -2.40. The summed E-state index contributed by atoms with van der Waals surface area (Å²) in [4.78, 5) is 11.7. The monoisotopic (exact) mass is 460 g/mol. The summed E-state index contributed by atoms with van der Waals surface area (Å²) in [6.45, 7) is 0.672. The molecule has 6 nitrogen and oxygen atoms in total. The Bertz CT molecular complexity index is 979. The molecule has 1 N–H and O–H groups in total. The molecule has 1 fully saturated rings. The van der Waals surface area contributed by atoms with Crippen molar-refractivity contribution in [3.63, 3.8) is 0 Å². The van der Waals surface area contributed by atoms with E-state index in [0.717, 1.165) is 22.5 Å². The number of anilines is 1. The molecular formula is C17H15BrF2N2O4S. The van der Waals surface area contributed by atoms with Gasteiger partial charge in [0.05, 0.1) is 18.8 Å². The van der Waals surface area contributed by atoms with Crippen LogP contribution in [0.2, 0.25) is 0 Å². The first kappa shape index (κ1) is 19.9. The van der Waals surface area contributed by atoms with Gasteiger partial charge in [-0.25, -0.2) is 17.2 Å². The average Bonchev–Trinajstić information content (AvgIpc) is 2.63. The summed E-state index contributed by atoms with van der Waals surface area (Å²) < 4.78 is 60.1. The highest BCUT2D eigenvalue weighted by atomic mass is 79.9. The predicted molar refractivity (Wildman–Crippen MR) is 98.0 cm³/mol. The van der Waals surface area contributed by atoms with Gasteiger partial charge in [-0.2, -0.15) is 4.31 Å². The normalized spacial score (nSPS) is 15.5. The van der Waals surface area contributed by atoms with E-state index >= 15 is 0 Å². The van der Waals surface area contributed by atoms with Crippen LogP contribution < -0.4 is 5.32 Å². The van der Waals surface area contributed by atoms with Gasteiger partial charge < -0.3 is 10.1 Å². The third kappa shape index (κ3) is 4.34. The van der Waals surface area contributed by atoms with Gasteiger partial charge in [-0.3, -0.25) is 4.79 Å². The number of morpholine rings is 1. The van der Waals surface area contributed by atoms with E-state index in [-0.39, 0.29) is 37.6 Å². The van der Waals surface area contributed by atoms with Crippen LogP contribution in [0.5, 0.6) is 0 Å². The minimum Gasteiger partial charge on any atom is -0.379 e. The second-order valence-corrected chi connectivity index (χ2v) is 8.56. The van der Waals surface area contributed by atoms with Crippen LogP contribution in [0, 0.1) is 11.6 Å². The number of sulfonamides is 1. The number of hydrogen-bond acceptors (Lipinski definition) is 4. The summed E-state index contributed by atoms with van der Waals surface area (Å²) in [5, 5.41) is 2.39. The molecular weight excluding hydrogens is 446 g/mol. The van der Waals surface area contributed by atoms with Gasteiger partial charge in [0.15, 0.2) is 0 Å². The Labute approximate surface area is 163 Å². The number of hydrogen-bond donors (Lipinski definition) is 1. The van der Waals surface area contributed by atoms with Gasteiger partial charge in [-0.05, 0) is 36.4 Å². The highest BCUT2D eigenvalue weighted by Crippen LogP contribution is 2.24. The molecule has 2 aromatic rings. The van der Waals surface area contributed by atoms with Gasteiger partial charge in [0.25, 0.3) is 5.91 Å². The first-order valence-corrected chi connectivity index (χ1v) is 10.2. The van der Waals surface area contributed by atoms with E-state index in [9.17, 15) is 22.0 Å². The Kier molecular flexibility index (Phi) is 5.89. The van der Waals surface area contributed by atoms with Crippen LogP contribution in [-0.4, -0.2) is 44.9 Å². The predicted octanol–water partition coefficient (Wildman–Crippen LogP) is 3.00. The Morgan fingerprint density at radius 1 is 1.07 bits per heavy atom. The maximum atomic E-state index is 14.2. The maximum Gasteiger partial charge on any atom is 0.258 e. The van der Waals surface area contributed by atoms with Crippen LogP contribution in [0.1, 0.15) is 10.4 Å². The van der Waals surface area contributed by atoms with E-state index in [1.807, 2.05) is 0 Å². The number of ether oxygens (including phenoxy) is 1. The topological polar surface area (TPSA) is 75.7 Å². The standard InChI is InChI=1S/C17H15BrF2N2O4S/c18-11-1-3-13(15(20)9-11)17(23)21-12-2-4-14(19)16(10-12)27(24,25)22-5-7-26-8-6-22/h1-4,9-10H,5-8H2,(H,21,23). The van der Waals surface area contributed by atoms with Crippen molar-refractivity contribution in [1.29, 1.82) is 0 Å². The molecule has 1 saturated heterocycles. The van der Waals surface area contributed by atoms with Crippen molar-refractivity contribution in [3.05, 3.63) is 58.1 Å². The molecule has 1 aliphatic rings. The van der Waals surface area contributed by atoms with Crippen molar-refractivity contribution < 1.29 is 26.7 Å². The first-order valence-electron chi connectivity index (χ1n) is 7.93. The Hall–Kier alpha value is -1.88. The van der Waals surface area contributed by atoms with Crippen molar-refractivity contribution in [2.24, 2.45) is 0 Å². The average molecular weight is 461 g/mol. The van der Waals surface area contributed by atoms with E-state index in [4.69, 9.17) is 4.74 Å². The minimum atomic E-state index is -4.08. The third-order valence-electron chi connectivity index (χ3n) is 3.95. The summed E-state index contributed by atoms with van der Waals surface area (Å²) in [5.74, 6) is -2.46. The van der Waals surface area contributed by atoms with Crippen LogP contribution in [0.3, 0.4) is 0 Å². The highest BCUT2D eigenvalue weighted by Gasteiger charge is 2.29. The van der Waals surface area contributed by atoms with Crippen LogP contribution in [-0.2, 0) is 14.8 Å². The van der Waals surface area contributed by atoms with Crippen molar-refractivity contribution in [1.82, 2.24) is 4.31 Å². The zero-order valence-corrected chi connectivity index (χ0v) is 16.3. The first-order chi connectivity index (χ1) is 12.8. The molecule has 10 heteroatoms. The van der Waals surface area contributed by atoms with E-state index in [2.05, 4.69) is 21.2 Å². The van der Waals surface area contributed by atoms with Gasteiger partial charge in [-0.1, -0.05) is 15.9 Å². The molecule has 144 valence electrons. The molecule has 1 heterocycles. The molecule has 0 unspecified atom stereocenters. The molecule has 0 spiro atoms. The molecule has 2 aromatic carbocycles. The largest absolute Gasteiger partial charge is 0.379 e. The zero-order chi connectivity index (χ0) is 19.6. The number of rotatable bonds is 4. The number of nitrogens with zero attached hydrogens (tertiary/aromatic N) is 1. The van der Waals surface area contributed by atoms with Gasteiger partial charge in [0, 0.05) is 23.2 Å². The number of benzene rings is 2. The van der Waals surface area contributed by atoms with Crippen LogP contribution in [0.4, 0.5) is 14.5 Å². The molecule has 0 bridgehead atoms. The molecule has 27 heavy (non-hydrogen) atoms. The smallest absolute Gasteiger partial charge is 0.258 e. The van der Waals surface area contributed by atoms with E-state index in [1.165, 1.54) is 18.2 Å². The molecule has 1 amide bonds. The lowest BCUT2D eigenvalue weighted by molar-refractivity contribution is 0.0729. The van der Waals surface area contributed by atoms with Crippen LogP contribution >= 0.6 is 15.9 Å². The number of carbonyl (C=O) groups is 1. The molecule has 0 aliphatic carbocycles. The number of halogens is 3. The van der Waals surface area contributed by atoms with Crippen LogP contribution in [0.25, 0.3) is 0 Å². The Balaban J connectivity index is 1.88. The fourth-order valence-electron chi connectivity index (χ4n) is 2.58. The van der Waals surface area contributed by atoms with Gasteiger partial charge in [0.1, 0.15) is 16.5 Å². The van der Waals surface area contributed by atoms with Crippen molar-refractivity contribution in [2.45, 2.75) is 4.90 Å². The SMILES string of the molecule is O=C(Nc1ccc(F)c(S(=O)(=O)N2CCOCC2)c1)c1ccc(Br)cc1F. The second-order valence-electron chi connectivity index (χ2n) is 5.74. The summed E-state index contributed by atoms with van der Waals surface area (Å²) >= 11 is 3.10. The van der Waals surface area contributed by atoms with Gasteiger partial charge >= 0.3 is 0 Å². The van der Waals surface area contributed by atoms with Crippen molar-refractivity contribution in [2.75, 3.05) is 31.6 Å². The maximum absolute atomic E-state index is 14.2. The molecule has 1 aliphatic heterocycles. The summed E-state index contributed by atoms with van der Waals surface area (Å²) in [7, 11) is -4.08. The summed E-state index contributed by atoms with van der Waals surface area (Å²) in [5.41, 5.74) is -0.185. The fraction of sp³-hybridized carbons (Fsp3) is 0.235. The zero-order valence-electron chi connectivity index (χ0n) is 13.9. The van der Waals surface area contributed by atoms with Gasteiger partial charge in [-0.15, -0.1) is 0 Å². The summed E-state index contributed by atoms with van der Waals surface area (Å²) in [6.07, 6.45) is 0. The minimum absolute atomic E-state index is 0.0375. The number of carbonyl (C=O) groups excluding carboxylic acids is 1. The molecule has 0 saturated carbocycles. The van der Waals surface area contributed by atoms with Gasteiger partial charge in [0.2, 0.25) is 10.0 Å². The molecule has 0 radical (unpaired) electrons. The Morgan fingerprint density at radius 3 is 2.44 bits per heavy atom. The van der Waals surface area contributed by atoms with E-state index in [1.54, 1.807) is 0 Å². The van der Waals surface area contributed by atoms with Crippen molar-refractivity contribution in [3.8, 4) is 0 Å². The lowest BCUT2D eigenvalue weighted by atomic mass is 10.2. The van der Waals surface area contributed by atoms with E-state index in [0.29, 0.717) is 4.47 Å². The highest BCUT2D eigenvalue weighted by molar-refractivity contribution is 9.10. The second kappa shape index (κ2) is 8.01. The van der Waals surface area contributed by atoms with E-state index < -0.39 is 32.5 Å². The molecule has 3 rings (SSSR count). The lowest BCUT2D eigenvalue weighted by Gasteiger charge is -2.26. The Morgan fingerprint density at radius 2 is 1.78 bits per heavy atom. The molecule has 0 atom stereocenters. The van der Waals surface area contributed by atoms with Crippen LogP contribution in [0.15, 0.2) is 45.8 Å². The number of nitrogens with one attached hydrogen (secondary N) is 1. The molecule has 0 aromatic heterocycles. The summed E-state index contributed by atoms with van der Waals surface area (Å²) in [6, 6.07) is 7.09. The number of amides is 1. The van der Waals surface area contributed by atoms with Crippen molar-refractivity contribution >= 4 is 37.5 Å². The third-order valence-corrected chi connectivity index (χ3v) is 6.36. The fourth-order valence-corrected chi connectivity index (χ4v) is 4.41. The quantitative estimate of drug-likeness (QED) is 0.760.